The van der Waals surface area contributed by atoms with Crippen molar-refractivity contribution in [3.63, 3.8) is 0 Å². The van der Waals surface area contributed by atoms with Gasteiger partial charge in [-0.3, -0.25) is 0 Å². The van der Waals surface area contributed by atoms with Gasteiger partial charge in [-0.05, 0) is 12.1 Å². The summed E-state index contributed by atoms with van der Waals surface area (Å²) in [5.41, 5.74) is 3.38. The lowest BCUT2D eigenvalue weighted by atomic mass is 10.2. The van der Waals surface area contributed by atoms with Crippen LogP contribution >= 0.6 is 11.6 Å². The van der Waals surface area contributed by atoms with E-state index in [1.165, 1.54) is 0 Å². The Morgan fingerprint density at radius 2 is 1.77 bits per heavy atom. The van der Waals surface area contributed by atoms with Crippen LogP contribution in [0.25, 0.3) is 0 Å². The number of anilines is 1. The first-order chi connectivity index (χ1) is 5.82. The van der Waals surface area contributed by atoms with Gasteiger partial charge >= 0.3 is 6.18 Å². The van der Waals surface area contributed by atoms with Gasteiger partial charge in [-0.25, -0.2) is 4.39 Å². The molecule has 1 aromatic carbocycles. The molecule has 6 heteroatoms. The maximum atomic E-state index is 12.6. The summed E-state index contributed by atoms with van der Waals surface area (Å²) in [6, 6.07) is 1.01. The molecule has 1 nitrogen and oxygen atoms in total. The molecule has 0 unspecified atom stereocenters. The summed E-state index contributed by atoms with van der Waals surface area (Å²) in [5.74, 6) is -1.13. The fourth-order valence-corrected chi connectivity index (χ4v) is 1.06. The molecule has 0 aliphatic carbocycles. The van der Waals surface area contributed by atoms with Gasteiger partial charge in [-0.1, -0.05) is 11.6 Å². The third-order valence-electron chi connectivity index (χ3n) is 1.39. The summed E-state index contributed by atoms with van der Waals surface area (Å²) in [5, 5.41) is -0.605. The van der Waals surface area contributed by atoms with Crippen molar-refractivity contribution in [1.29, 1.82) is 0 Å². The average Bonchev–Trinajstić information content (AvgIpc) is 1.94. The summed E-state index contributed by atoms with van der Waals surface area (Å²) in [6.07, 6.45) is -4.66. The van der Waals surface area contributed by atoms with Crippen LogP contribution in [0.1, 0.15) is 5.56 Å². The normalized spacial score (nSPS) is 11.8. The summed E-state index contributed by atoms with van der Waals surface area (Å²) in [6.45, 7) is 0. The molecule has 0 radical (unpaired) electrons. The highest BCUT2D eigenvalue weighted by Crippen LogP contribution is 2.36. The van der Waals surface area contributed by atoms with E-state index < -0.39 is 28.3 Å². The SMILES string of the molecule is Nc1cc(Cl)c(C(F)(F)F)cc1F. The van der Waals surface area contributed by atoms with Crippen molar-refractivity contribution in [3.05, 3.63) is 28.5 Å². The summed E-state index contributed by atoms with van der Waals surface area (Å²) >= 11 is 5.22. The van der Waals surface area contributed by atoms with Gasteiger partial charge < -0.3 is 5.73 Å². The number of rotatable bonds is 0. The van der Waals surface area contributed by atoms with Crippen molar-refractivity contribution < 1.29 is 17.6 Å². The monoisotopic (exact) mass is 213 g/mol. The first kappa shape index (κ1) is 10.1. The van der Waals surface area contributed by atoms with Crippen LogP contribution in [0.3, 0.4) is 0 Å². The molecule has 0 saturated heterocycles. The Kier molecular flexibility index (Phi) is 2.38. The lowest BCUT2D eigenvalue weighted by Crippen LogP contribution is -2.07. The van der Waals surface area contributed by atoms with E-state index in [1.54, 1.807) is 0 Å². The van der Waals surface area contributed by atoms with Crippen molar-refractivity contribution in [2.75, 3.05) is 5.73 Å². The van der Waals surface area contributed by atoms with E-state index in [0.717, 1.165) is 6.07 Å². The van der Waals surface area contributed by atoms with Gasteiger partial charge in [0, 0.05) is 0 Å². The molecule has 72 valence electrons. The van der Waals surface area contributed by atoms with Gasteiger partial charge in [0.15, 0.2) is 0 Å². The minimum atomic E-state index is -4.66. The molecule has 1 aromatic rings. The number of benzene rings is 1. The smallest absolute Gasteiger partial charge is 0.396 e. The van der Waals surface area contributed by atoms with Crippen LogP contribution in [0.15, 0.2) is 12.1 Å². The highest BCUT2D eigenvalue weighted by atomic mass is 35.5. The Morgan fingerprint density at radius 1 is 1.23 bits per heavy atom. The highest BCUT2D eigenvalue weighted by Gasteiger charge is 2.33. The summed E-state index contributed by atoms with van der Waals surface area (Å²) in [7, 11) is 0. The van der Waals surface area contributed by atoms with Crippen LogP contribution in [0.2, 0.25) is 5.02 Å². The largest absolute Gasteiger partial charge is 0.417 e. The van der Waals surface area contributed by atoms with E-state index >= 15 is 0 Å². The number of hydrogen-bond acceptors (Lipinski definition) is 1. The summed E-state index contributed by atoms with van der Waals surface area (Å²) in [4.78, 5) is 0. The fraction of sp³-hybridized carbons (Fsp3) is 0.143. The average molecular weight is 214 g/mol. The molecule has 0 aliphatic rings. The first-order valence-corrected chi connectivity index (χ1v) is 3.52. The minimum absolute atomic E-state index is 0.275. The lowest BCUT2D eigenvalue weighted by Gasteiger charge is -2.09. The molecular formula is C7H4ClF4N. The van der Waals surface area contributed by atoms with E-state index in [4.69, 9.17) is 17.3 Å². The quantitative estimate of drug-likeness (QED) is 0.520. The van der Waals surface area contributed by atoms with Crippen LogP contribution in [0.5, 0.6) is 0 Å². The third-order valence-corrected chi connectivity index (χ3v) is 1.70. The van der Waals surface area contributed by atoms with Crippen LogP contribution in [-0.2, 0) is 6.18 Å². The molecule has 13 heavy (non-hydrogen) atoms. The highest BCUT2D eigenvalue weighted by molar-refractivity contribution is 6.31. The van der Waals surface area contributed by atoms with Gasteiger partial charge in [0.1, 0.15) is 5.82 Å². The van der Waals surface area contributed by atoms with Crippen LogP contribution in [-0.4, -0.2) is 0 Å². The second-order valence-corrected chi connectivity index (χ2v) is 2.76. The van der Waals surface area contributed by atoms with Crippen molar-refractivity contribution in [3.8, 4) is 0 Å². The predicted octanol–water partition coefficient (Wildman–Crippen LogP) is 3.08. The maximum Gasteiger partial charge on any atom is 0.417 e. The van der Waals surface area contributed by atoms with Gasteiger partial charge in [-0.15, -0.1) is 0 Å². The maximum absolute atomic E-state index is 12.6. The van der Waals surface area contributed by atoms with Gasteiger partial charge in [0.25, 0.3) is 0 Å². The molecule has 0 saturated carbocycles. The molecule has 0 aromatic heterocycles. The van der Waals surface area contributed by atoms with Crippen LogP contribution < -0.4 is 5.73 Å². The second-order valence-electron chi connectivity index (χ2n) is 2.35. The molecule has 1 rings (SSSR count). The number of nitrogens with two attached hydrogens (primary N) is 1. The van der Waals surface area contributed by atoms with E-state index in [0.29, 0.717) is 0 Å². The van der Waals surface area contributed by atoms with Gasteiger partial charge in [-0.2, -0.15) is 13.2 Å². The Bertz CT molecular complexity index is 334. The van der Waals surface area contributed by atoms with Crippen LogP contribution in [0, 0.1) is 5.82 Å². The number of hydrogen-bond donors (Lipinski definition) is 1. The number of alkyl halides is 3. The van der Waals surface area contributed by atoms with E-state index in [2.05, 4.69) is 0 Å². The molecule has 0 heterocycles. The lowest BCUT2D eigenvalue weighted by molar-refractivity contribution is -0.137. The number of halogens is 5. The Labute approximate surface area is 76.1 Å². The van der Waals surface area contributed by atoms with Crippen molar-refractivity contribution in [2.24, 2.45) is 0 Å². The van der Waals surface area contributed by atoms with Crippen LogP contribution in [0.4, 0.5) is 23.2 Å². The Hall–Kier alpha value is -0.970. The third kappa shape index (κ3) is 2.03. The minimum Gasteiger partial charge on any atom is -0.396 e. The molecule has 0 atom stereocenters. The molecule has 0 spiro atoms. The predicted molar refractivity (Wildman–Crippen MR) is 40.8 cm³/mol. The standard InChI is InChI=1S/C7H4ClF4N/c8-4-2-6(13)5(9)1-3(4)7(10,11)12/h1-2H,13H2. The van der Waals surface area contributed by atoms with Crippen molar-refractivity contribution in [2.45, 2.75) is 6.18 Å². The molecular weight excluding hydrogens is 210 g/mol. The van der Waals surface area contributed by atoms with E-state index in [9.17, 15) is 17.6 Å². The first-order valence-electron chi connectivity index (χ1n) is 3.14. The second kappa shape index (κ2) is 3.06. The molecule has 2 N–H and O–H groups in total. The van der Waals surface area contributed by atoms with Gasteiger partial charge in [0.05, 0.1) is 16.3 Å². The van der Waals surface area contributed by atoms with E-state index in [1.807, 2.05) is 0 Å². The van der Waals surface area contributed by atoms with E-state index in [-0.39, 0.29) is 6.07 Å². The Morgan fingerprint density at radius 3 is 2.23 bits per heavy atom. The Balaban J connectivity index is 3.32. The van der Waals surface area contributed by atoms with Gasteiger partial charge in [0.2, 0.25) is 0 Å². The van der Waals surface area contributed by atoms with Crippen molar-refractivity contribution in [1.82, 2.24) is 0 Å². The molecule has 0 aliphatic heterocycles. The summed E-state index contributed by atoms with van der Waals surface area (Å²) < 4.78 is 48.8. The zero-order valence-corrected chi connectivity index (χ0v) is 6.88. The zero-order valence-electron chi connectivity index (χ0n) is 6.12. The molecule has 0 bridgehead atoms. The topological polar surface area (TPSA) is 26.0 Å². The molecule has 0 fully saturated rings. The fourth-order valence-electron chi connectivity index (χ4n) is 0.779. The van der Waals surface area contributed by atoms with Crippen molar-refractivity contribution >= 4 is 17.3 Å². The number of nitrogen functional groups attached to an aromatic ring is 1. The zero-order chi connectivity index (χ0) is 10.2. The molecule has 0 amide bonds.